The number of rotatable bonds is 2. The molecule has 0 unspecified atom stereocenters. The molecule has 0 nitrogen and oxygen atoms in total. The first-order valence-corrected chi connectivity index (χ1v) is 9.36. The molecular weight excluding hydrogens is 348 g/mol. The highest BCUT2D eigenvalue weighted by Gasteiger charge is 2.26. The molecule has 0 N–H and O–H groups in total. The summed E-state index contributed by atoms with van der Waals surface area (Å²) in [5.74, 6) is 0. The Balaban J connectivity index is 1.90. The molecule has 0 radical (unpaired) electrons. The zero-order valence-corrected chi connectivity index (χ0v) is 14.8. The van der Waals surface area contributed by atoms with E-state index in [2.05, 4.69) is 72.2 Å². The zero-order chi connectivity index (χ0) is 14.1. The molecule has 0 spiro atoms. The summed E-state index contributed by atoms with van der Waals surface area (Å²) in [4.78, 5) is 2.81. The fourth-order valence-electron chi connectivity index (χ4n) is 2.46. The van der Waals surface area contributed by atoms with E-state index in [9.17, 15) is 0 Å². The Morgan fingerprint density at radius 3 is 2.65 bits per heavy atom. The average molecular weight is 365 g/mol. The molecule has 20 heavy (non-hydrogen) atoms. The lowest BCUT2D eigenvalue weighted by molar-refractivity contribution is 0.763. The van der Waals surface area contributed by atoms with Gasteiger partial charge in [-0.2, -0.15) is 0 Å². The van der Waals surface area contributed by atoms with E-state index in [1.165, 1.54) is 31.8 Å². The third kappa shape index (κ3) is 3.26. The second-order valence-corrected chi connectivity index (χ2v) is 8.94. The smallest absolute Gasteiger partial charge is 0.0366 e. The number of benzene rings is 2. The van der Waals surface area contributed by atoms with Gasteiger partial charge >= 0.3 is 0 Å². The van der Waals surface area contributed by atoms with Crippen LogP contribution in [0.2, 0.25) is 0 Å². The van der Waals surface area contributed by atoms with Gasteiger partial charge in [-0.05, 0) is 49.2 Å². The lowest BCUT2D eigenvalue weighted by Gasteiger charge is -2.29. The lowest BCUT2D eigenvalue weighted by Crippen LogP contribution is -2.11. The van der Waals surface area contributed by atoms with Crippen molar-refractivity contribution in [1.29, 1.82) is 0 Å². The van der Waals surface area contributed by atoms with Crippen LogP contribution < -0.4 is 0 Å². The molecule has 2 aromatic carbocycles. The Morgan fingerprint density at radius 2 is 1.90 bits per heavy atom. The number of halogens is 1. The van der Waals surface area contributed by atoms with Crippen molar-refractivity contribution in [3.8, 4) is 0 Å². The summed E-state index contributed by atoms with van der Waals surface area (Å²) < 4.78 is 1.18. The van der Waals surface area contributed by atoms with Gasteiger partial charge in [0.05, 0.1) is 0 Å². The van der Waals surface area contributed by atoms with Crippen molar-refractivity contribution in [3.05, 3.63) is 58.1 Å². The highest BCUT2D eigenvalue weighted by atomic mass is 79.9. The third-order valence-electron chi connectivity index (χ3n) is 3.49. The number of fused-ring (bicyclic) bond motifs is 1. The van der Waals surface area contributed by atoms with E-state index in [-0.39, 0.29) is 0 Å². The lowest BCUT2D eigenvalue weighted by atomic mass is 10.1. The monoisotopic (exact) mass is 364 g/mol. The maximum atomic E-state index is 3.61. The predicted octanol–water partition coefficient (Wildman–Crippen LogP) is 6.48. The van der Waals surface area contributed by atoms with Crippen molar-refractivity contribution >= 4 is 39.5 Å². The molecule has 2 atom stereocenters. The van der Waals surface area contributed by atoms with Crippen molar-refractivity contribution in [2.75, 3.05) is 0 Å². The number of hydrogen-bond acceptors (Lipinski definition) is 2. The molecule has 3 rings (SSSR count). The summed E-state index contributed by atoms with van der Waals surface area (Å²) >= 11 is 7.61. The standard InChI is InChI=1S/C17H17BrS2/c1-11-3-6-14(7-4-11)20-17-9-12(2)19-16-8-5-13(18)10-15(16)17/h3-8,10,12,17H,9H2,1-2H3/t12-,17+/m0/s1. The van der Waals surface area contributed by atoms with E-state index < -0.39 is 0 Å². The molecule has 0 saturated heterocycles. The molecule has 0 bridgehead atoms. The quantitative estimate of drug-likeness (QED) is 0.598. The first-order chi connectivity index (χ1) is 9.61. The summed E-state index contributed by atoms with van der Waals surface area (Å²) in [6.07, 6.45) is 1.23. The van der Waals surface area contributed by atoms with Gasteiger partial charge in [0.2, 0.25) is 0 Å². The van der Waals surface area contributed by atoms with Crippen LogP contribution in [0.3, 0.4) is 0 Å². The maximum absolute atomic E-state index is 3.61. The van der Waals surface area contributed by atoms with E-state index >= 15 is 0 Å². The molecule has 1 heterocycles. The fraction of sp³-hybridized carbons (Fsp3) is 0.294. The topological polar surface area (TPSA) is 0 Å². The highest BCUT2D eigenvalue weighted by Crippen LogP contribution is 2.49. The molecule has 0 aliphatic carbocycles. The minimum atomic E-state index is 0.557. The minimum Gasteiger partial charge on any atom is -0.123 e. The Kier molecular flexibility index (Phi) is 4.49. The van der Waals surface area contributed by atoms with Crippen LogP contribution in [-0.2, 0) is 0 Å². The number of thioether (sulfide) groups is 2. The van der Waals surface area contributed by atoms with Crippen molar-refractivity contribution in [3.63, 3.8) is 0 Å². The molecule has 1 aliphatic rings. The van der Waals surface area contributed by atoms with Gasteiger partial charge in [-0.1, -0.05) is 40.5 Å². The Hall–Kier alpha value is -0.380. The van der Waals surface area contributed by atoms with Crippen molar-refractivity contribution in [1.82, 2.24) is 0 Å². The maximum Gasteiger partial charge on any atom is 0.0366 e. The van der Waals surface area contributed by atoms with E-state index in [1.807, 2.05) is 23.5 Å². The number of aryl methyl sites for hydroxylation is 1. The fourth-order valence-corrected chi connectivity index (χ4v) is 5.57. The summed E-state index contributed by atoms with van der Waals surface area (Å²) in [6, 6.07) is 15.6. The molecule has 1 aliphatic heterocycles. The van der Waals surface area contributed by atoms with Crippen LogP contribution in [-0.4, -0.2) is 5.25 Å². The Bertz CT molecular complexity index is 607. The Labute approximate surface area is 137 Å². The van der Waals surface area contributed by atoms with Crippen LogP contribution in [0.1, 0.15) is 29.7 Å². The zero-order valence-electron chi connectivity index (χ0n) is 11.6. The van der Waals surface area contributed by atoms with Crippen LogP contribution in [0.25, 0.3) is 0 Å². The van der Waals surface area contributed by atoms with E-state index in [1.54, 1.807) is 0 Å². The van der Waals surface area contributed by atoms with Gasteiger partial charge in [-0.3, -0.25) is 0 Å². The average Bonchev–Trinajstić information content (AvgIpc) is 2.42. The van der Waals surface area contributed by atoms with E-state index in [0.29, 0.717) is 10.5 Å². The second-order valence-electron chi connectivity index (χ2n) is 5.27. The van der Waals surface area contributed by atoms with Gasteiger partial charge in [0, 0.05) is 24.8 Å². The first-order valence-electron chi connectivity index (χ1n) is 6.81. The van der Waals surface area contributed by atoms with Crippen LogP contribution in [0, 0.1) is 6.92 Å². The van der Waals surface area contributed by atoms with Gasteiger partial charge in [-0.25, -0.2) is 0 Å². The first kappa shape index (κ1) is 14.6. The van der Waals surface area contributed by atoms with E-state index in [0.717, 1.165) is 0 Å². The third-order valence-corrected chi connectivity index (χ3v) is 6.48. The molecule has 2 aromatic rings. The summed E-state index contributed by atoms with van der Waals surface area (Å²) in [7, 11) is 0. The predicted molar refractivity (Wildman–Crippen MR) is 93.9 cm³/mol. The van der Waals surface area contributed by atoms with Crippen LogP contribution in [0.4, 0.5) is 0 Å². The van der Waals surface area contributed by atoms with Crippen molar-refractivity contribution < 1.29 is 0 Å². The minimum absolute atomic E-state index is 0.557. The number of hydrogen-bond donors (Lipinski definition) is 0. The molecule has 3 heteroatoms. The molecule has 104 valence electrons. The van der Waals surface area contributed by atoms with Crippen LogP contribution in [0.15, 0.2) is 56.7 Å². The molecule has 0 aromatic heterocycles. The molecule has 0 amide bonds. The van der Waals surface area contributed by atoms with E-state index in [4.69, 9.17) is 0 Å². The molecule has 0 saturated carbocycles. The van der Waals surface area contributed by atoms with Gasteiger partial charge in [0.25, 0.3) is 0 Å². The SMILES string of the molecule is Cc1ccc(S[C@@H]2C[C@H](C)Sc3ccc(Br)cc32)cc1. The normalized spacial score (nSPS) is 21.6. The summed E-state index contributed by atoms with van der Waals surface area (Å²) in [5, 5.41) is 1.24. The summed E-state index contributed by atoms with van der Waals surface area (Å²) in [5.41, 5.74) is 2.80. The van der Waals surface area contributed by atoms with Crippen LogP contribution in [0.5, 0.6) is 0 Å². The van der Waals surface area contributed by atoms with Gasteiger partial charge < -0.3 is 0 Å². The van der Waals surface area contributed by atoms with Gasteiger partial charge in [-0.15, -0.1) is 23.5 Å². The largest absolute Gasteiger partial charge is 0.123 e. The van der Waals surface area contributed by atoms with Crippen molar-refractivity contribution in [2.45, 2.75) is 40.6 Å². The van der Waals surface area contributed by atoms with Gasteiger partial charge in [0.1, 0.15) is 0 Å². The molecular formula is C17H17BrS2. The molecule has 0 fully saturated rings. The van der Waals surface area contributed by atoms with Crippen LogP contribution >= 0.6 is 39.5 Å². The van der Waals surface area contributed by atoms with Crippen molar-refractivity contribution in [2.24, 2.45) is 0 Å². The second kappa shape index (κ2) is 6.17. The Morgan fingerprint density at radius 1 is 1.15 bits per heavy atom. The van der Waals surface area contributed by atoms with Gasteiger partial charge in [0.15, 0.2) is 0 Å². The summed E-state index contributed by atoms with van der Waals surface area (Å²) in [6.45, 7) is 4.47. The highest BCUT2D eigenvalue weighted by molar-refractivity contribution is 9.10.